The van der Waals surface area contributed by atoms with Crippen molar-refractivity contribution in [2.45, 2.75) is 69.9 Å². The fourth-order valence-corrected chi connectivity index (χ4v) is 8.32. The van der Waals surface area contributed by atoms with Gasteiger partial charge in [-0.05, 0) is 93.9 Å². The maximum atomic E-state index is 13.7. The maximum absolute atomic E-state index is 13.7. The summed E-state index contributed by atoms with van der Waals surface area (Å²) in [5.74, 6) is 1.37. The Morgan fingerprint density at radius 2 is 0.863 bits per heavy atom. The van der Waals surface area contributed by atoms with E-state index >= 15 is 0 Å². The molecule has 0 bridgehead atoms. The molecule has 2 aliphatic rings. The number of para-hydroxylation sites is 2. The Morgan fingerprint density at radius 1 is 0.490 bits per heavy atom. The van der Waals surface area contributed by atoms with E-state index in [1.165, 1.54) is 6.42 Å². The molecule has 2 fully saturated rings. The summed E-state index contributed by atoms with van der Waals surface area (Å²) >= 11 is 0. The van der Waals surface area contributed by atoms with Gasteiger partial charge in [0.2, 0.25) is 0 Å². The zero-order valence-electron chi connectivity index (χ0n) is 28.9. The van der Waals surface area contributed by atoms with E-state index in [-0.39, 0.29) is 23.9 Å². The van der Waals surface area contributed by atoms with Gasteiger partial charge in [-0.1, -0.05) is 97.1 Å². The van der Waals surface area contributed by atoms with Crippen LogP contribution in [0.3, 0.4) is 0 Å². The number of fused-ring (bicyclic) bond motifs is 2. The second kappa shape index (κ2) is 14.9. The van der Waals surface area contributed by atoms with Crippen molar-refractivity contribution in [1.82, 2.24) is 20.6 Å². The van der Waals surface area contributed by atoms with Crippen molar-refractivity contribution >= 4 is 33.6 Å². The van der Waals surface area contributed by atoms with Crippen molar-refractivity contribution < 1.29 is 9.59 Å². The van der Waals surface area contributed by atoms with Crippen molar-refractivity contribution in [1.29, 1.82) is 0 Å². The third-order valence-electron chi connectivity index (χ3n) is 11.1. The van der Waals surface area contributed by atoms with Crippen LogP contribution in [0.1, 0.15) is 78.5 Å². The van der Waals surface area contributed by atoms with Gasteiger partial charge in [0.1, 0.15) is 0 Å². The highest BCUT2D eigenvalue weighted by atomic mass is 16.2. The summed E-state index contributed by atoms with van der Waals surface area (Å²) in [7, 11) is 0. The minimum atomic E-state index is -0.00865. The molecule has 256 valence electrons. The summed E-state index contributed by atoms with van der Waals surface area (Å²) in [6.07, 6.45) is 9.89. The Hall–Kier alpha value is -5.36. The number of pyridine rings is 2. The third kappa shape index (κ3) is 7.41. The smallest absolute Gasteiger partial charge is 0.252 e. The van der Waals surface area contributed by atoms with Gasteiger partial charge in [-0.15, -0.1) is 0 Å². The average Bonchev–Trinajstić information content (AvgIpc) is 3.19. The zero-order valence-corrected chi connectivity index (χ0v) is 28.9. The molecule has 8 rings (SSSR count). The van der Waals surface area contributed by atoms with Gasteiger partial charge in [-0.25, -0.2) is 9.97 Å². The fourth-order valence-electron chi connectivity index (χ4n) is 8.32. The molecule has 2 saturated carbocycles. The Morgan fingerprint density at radius 3 is 1.27 bits per heavy atom. The molecule has 0 radical (unpaired) electrons. The molecule has 0 spiro atoms. The van der Waals surface area contributed by atoms with Crippen molar-refractivity contribution in [3.63, 3.8) is 0 Å². The largest absolute Gasteiger partial charge is 0.349 e. The van der Waals surface area contributed by atoms with Crippen LogP contribution in [0.2, 0.25) is 0 Å². The number of nitrogens with zero attached hydrogens (tertiary/aromatic N) is 2. The van der Waals surface area contributed by atoms with Crippen LogP contribution in [0.4, 0.5) is 0 Å². The number of rotatable bonds is 8. The predicted molar refractivity (Wildman–Crippen MR) is 205 cm³/mol. The van der Waals surface area contributed by atoms with Gasteiger partial charge >= 0.3 is 0 Å². The van der Waals surface area contributed by atoms with Gasteiger partial charge in [-0.3, -0.25) is 9.59 Å². The van der Waals surface area contributed by atoms with Crippen LogP contribution in [0.5, 0.6) is 0 Å². The Balaban J connectivity index is 0.839. The molecule has 2 amide bonds. The lowest BCUT2D eigenvalue weighted by Gasteiger charge is -2.34. The highest BCUT2D eigenvalue weighted by Crippen LogP contribution is 2.36. The van der Waals surface area contributed by atoms with Gasteiger partial charge < -0.3 is 10.6 Å². The SMILES string of the molecule is O=C(NC1CCC(CC2CCC(NC(=O)c3cc(-c4ccccc4)nc4ccccc34)CC2)CC1)c1cc(-c2ccccc2)nc2ccccc12. The summed E-state index contributed by atoms with van der Waals surface area (Å²) in [6.45, 7) is 0. The molecule has 0 aliphatic heterocycles. The lowest BCUT2D eigenvalue weighted by atomic mass is 9.75. The first kappa shape index (κ1) is 32.8. The van der Waals surface area contributed by atoms with Crippen LogP contribution >= 0.6 is 0 Å². The minimum Gasteiger partial charge on any atom is -0.349 e. The number of amides is 2. The first-order chi connectivity index (χ1) is 25.1. The van der Waals surface area contributed by atoms with Crippen LogP contribution in [0, 0.1) is 11.8 Å². The molecule has 2 N–H and O–H groups in total. The zero-order chi connectivity index (χ0) is 34.6. The topological polar surface area (TPSA) is 84.0 Å². The standard InChI is InChI=1S/C45H44N4O2/c50-44(38-28-42(32-11-3-1-4-12-32)48-40-17-9-7-15-36(38)40)46-34-23-19-30(20-24-34)27-31-21-25-35(26-22-31)47-45(51)39-29-43(33-13-5-2-6-14-33)49-41-18-10-8-16-37(39)41/h1-18,28-31,34-35H,19-27H2,(H,46,50)(H,47,51). The number of carbonyl (C=O) groups excluding carboxylic acids is 2. The van der Waals surface area contributed by atoms with E-state index in [2.05, 4.69) is 10.6 Å². The summed E-state index contributed by atoms with van der Waals surface area (Å²) in [5.41, 5.74) is 6.72. The van der Waals surface area contributed by atoms with E-state index in [4.69, 9.17) is 9.97 Å². The Bertz CT molecular complexity index is 2000. The van der Waals surface area contributed by atoms with Crippen LogP contribution in [0.15, 0.2) is 121 Å². The second-order valence-corrected chi connectivity index (χ2v) is 14.5. The van der Waals surface area contributed by atoms with Crippen molar-refractivity contribution in [3.8, 4) is 22.5 Å². The normalized spacial score (nSPS) is 20.5. The van der Waals surface area contributed by atoms with Gasteiger partial charge in [-0.2, -0.15) is 0 Å². The number of hydrogen-bond acceptors (Lipinski definition) is 4. The first-order valence-electron chi connectivity index (χ1n) is 18.6. The van der Waals surface area contributed by atoms with Crippen LogP contribution in [-0.4, -0.2) is 33.9 Å². The maximum Gasteiger partial charge on any atom is 0.252 e. The van der Waals surface area contributed by atoms with Crippen molar-refractivity contribution in [2.75, 3.05) is 0 Å². The van der Waals surface area contributed by atoms with E-state index in [9.17, 15) is 9.59 Å². The third-order valence-corrected chi connectivity index (χ3v) is 11.1. The summed E-state index contributed by atoms with van der Waals surface area (Å²) < 4.78 is 0. The van der Waals surface area contributed by atoms with Gasteiger partial charge in [0.15, 0.2) is 0 Å². The highest BCUT2D eigenvalue weighted by molar-refractivity contribution is 6.08. The van der Waals surface area contributed by atoms with Crippen molar-refractivity contribution in [3.05, 3.63) is 132 Å². The quantitative estimate of drug-likeness (QED) is 0.169. The summed E-state index contributed by atoms with van der Waals surface area (Å²) in [5, 5.41) is 8.54. The molecule has 0 unspecified atom stereocenters. The molecule has 4 aromatic carbocycles. The number of hydrogen-bond donors (Lipinski definition) is 2. The minimum absolute atomic E-state index is 0.00865. The average molecular weight is 673 g/mol. The first-order valence-corrected chi connectivity index (χ1v) is 18.6. The van der Waals surface area contributed by atoms with E-state index in [0.29, 0.717) is 23.0 Å². The van der Waals surface area contributed by atoms with Crippen LogP contribution < -0.4 is 10.6 Å². The fraction of sp³-hybridized carbons (Fsp3) is 0.289. The van der Waals surface area contributed by atoms with E-state index in [1.54, 1.807) is 0 Å². The molecule has 0 saturated heterocycles. The Labute approximate surface area is 299 Å². The monoisotopic (exact) mass is 672 g/mol. The summed E-state index contributed by atoms with van der Waals surface area (Å²) in [4.78, 5) is 37.1. The molecule has 6 aromatic rings. The van der Waals surface area contributed by atoms with Crippen LogP contribution in [-0.2, 0) is 0 Å². The molecule has 2 heterocycles. The van der Waals surface area contributed by atoms with Gasteiger partial charge in [0.25, 0.3) is 11.8 Å². The Kier molecular flexibility index (Phi) is 9.56. The molecular weight excluding hydrogens is 629 g/mol. The number of nitrogens with one attached hydrogen (secondary N) is 2. The van der Waals surface area contributed by atoms with E-state index in [1.807, 2.05) is 121 Å². The molecule has 2 aromatic heterocycles. The van der Waals surface area contributed by atoms with E-state index in [0.717, 1.165) is 95.7 Å². The molecule has 51 heavy (non-hydrogen) atoms. The van der Waals surface area contributed by atoms with E-state index < -0.39 is 0 Å². The molecule has 6 nitrogen and oxygen atoms in total. The van der Waals surface area contributed by atoms with Gasteiger partial charge in [0.05, 0.1) is 33.5 Å². The molecule has 0 atom stereocenters. The number of carbonyl (C=O) groups is 2. The summed E-state index contributed by atoms with van der Waals surface area (Å²) in [6, 6.07) is 40.2. The second-order valence-electron chi connectivity index (χ2n) is 14.5. The number of aromatic nitrogens is 2. The highest BCUT2D eigenvalue weighted by Gasteiger charge is 2.29. The van der Waals surface area contributed by atoms with Crippen LogP contribution in [0.25, 0.3) is 44.3 Å². The predicted octanol–water partition coefficient (Wildman–Crippen LogP) is 9.78. The van der Waals surface area contributed by atoms with Gasteiger partial charge in [0, 0.05) is 34.0 Å². The number of benzene rings is 4. The lowest BCUT2D eigenvalue weighted by Crippen LogP contribution is -2.39. The molecular formula is C45H44N4O2. The molecule has 6 heteroatoms. The van der Waals surface area contributed by atoms with Crippen molar-refractivity contribution in [2.24, 2.45) is 11.8 Å². The molecule has 2 aliphatic carbocycles. The lowest BCUT2D eigenvalue weighted by molar-refractivity contribution is 0.0919.